The van der Waals surface area contributed by atoms with E-state index in [1.54, 1.807) is 0 Å². The minimum atomic E-state index is -3.70. The summed E-state index contributed by atoms with van der Waals surface area (Å²) in [6.07, 6.45) is 9.56. The molecule has 1 aliphatic heterocycles. The van der Waals surface area contributed by atoms with Crippen LogP contribution in [0.3, 0.4) is 0 Å². The molecule has 1 unspecified atom stereocenters. The van der Waals surface area contributed by atoms with Crippen LogP contribution < -0.4 is 0 Å². The van der Waals surface area contributed by atoms with Crippen molar-refractivity contribution in [3.8, 4) is 0 Å². The van der Waals surface area contributed by atoms with Crippen molar-refractivity contribution in [3.05, 3.63) is 144 Å². The average Bonchev–Trinajstić information content (AvgIpc) is 3.57. The molecular weight excluding hydrogens is 735 g/mol. The van der Waals surface area contributed by atoms with Crippen molar-refractivity contribution in [2.45, 2.75) is 122 Å². The van der Waals surface area contributed by atoms with Crippen molar-refractivity contribution in [1.29, 1.82) is 0 Å². The van der Waals surface area contributed by atoms with Gasteiger partial charge in [-0.15, -0.1) is 0 Å². The number of hydrogen-bond acceptors (Lipinski definition) is 8. The topological polar surface area (TPSA) is 81.7 Å². The second-order valence-corrected chi connectivity index (χ2v) is 17.0. The molecule has 0 amide bonds. The van der Waals surface area contributed by atoms with Gasteiger partial charge in [0.05, 0.1) is 51.9 Å². The van der Waals surface area contributed by atoms with Gasteiger partial charge in [-0.2, -0.15) is 0 Å². The van der Waals surface area contributed by atoms with Crippen LogP contribution in [0.5, 0.6) is 0 Å². The lowest BCUT2D eigenvalue weighted by Gasteiger charge is -2.27. The first-order chi connectivity index (χ1) is 28.1. The predicted molar refractivity (Wildman–Crippen MR) is 227 cm³/mol. The van der Waals surface area contributed by atoms with E-state index in [1.807, 2.05) is 121 Å². The Bertz CT molecular complexity index is 1630. The molecule has 5 atom stereocenters. The van der Waals surface area contributed by atoms with Gasteiger partial charge in [0.2, 0.25) is 0 Å². The highest BCUT2D eigenvalue weighted by Gasteiger charge is 2.49. The Morgan fingerprint density at radius 3 is 1.46 bits per heavy atom. The maximum Gasteiger partial charge on any atom is 0.333 e. The molecule has 4 aromatic carbocycles. The van der Waals surface area contributed by atoms with Crippen molar-refractivity contribution in [1.82, 2.24) is 0 Å². The van der Waals surface area contributed by atoms with Crippen LogP contribution in [-0.4, -0.2) is 57.0 Å². The lowest BCUT2D eigenvalue weighted by molar-refractivity contribution is -0.0897. The fourth-order valence-electron chi connectivity index (χ4n) is 6.95. The Hall–Kier alpha value is -3.17. The molecule has 4 aromatic rings. The van der Waals surface area contributed by atoms with Crippen molar-refractivity contribution in [2.24, 2.45) is 0 Å². The Kier molecular flexibility index (Phi) is 21.1. The monoisotopic (exact) mass is 800 g/mol. The first-order valence-electron chi connectivity index (χ1n) is 21.2. The molecule has 1 aliphatic rings. The molecule has 0 spiro atoms. The van der Waals surface area contributed by atoms with Gasteiger partial charge in [-0.3, -0.25) is 4.57 Å². The lowest BCUT2D eigenvalue weighted by Crippen LogP contribution is -2.40. The lowest BCUT2D eigenvalue weighted by atomic mass is 10.1. The second-order valence-electron chi connectivity index (χ2n) is 14.9. The van der Waals surface area contributed by atoms with Gasteiger partial charge in [-0.05, 0) is 41.5 Å². The first-order valence-corrected chi connectivity index (χ1v) is 22.9. The van der Waals surface area contributed by atoms with E-state index in [4.69, 9.17) is 32.7 Å². The number of ether oxygens (including phenoxy) is 5. The van der Waals surface area contributed by atoms with Gasteiger partial charge >= 0.3 is 7.60 Å². The minimum Gasteiger partial charge on any atom is -0.381 e. The quantitative estimate of drug-likeness (QED) is 0.0381. The van der Waals surface area contributed by atoms with E-state index in [9.17, 15) is 4.57 Å². The Morgan fingerprint density at radius 1 is 0.474 bits per heavy atom. The maximum atomic E-state index is 14.8. The van der Waals surface area contributed by atoms with Crippen LogP contribution in [-0.2, 0) is 63.7 Å². The van der Waals surface area contributed by atoms with E-state index in [2.05, 4.69) is 6.92 Å². The molecule has 57 heavy (non-hydrogen) atoms. The van der Waals surface area contributed by atoms with Gasteiger partial charge in [0.25, 0.3) is 0 Å². The highest BCUT2D eigenvalue weighted by molar-refractivity contribution is 7.53. The fraction of sp³-hybridized carbons (Fsp3) is 0.500. The minimum absolute atomic E-state index is 0.00855. The molecule has 1 saturated heterocycles. The van der Waals surface area contributed by atoms with Crippen molar-refractivity contribution in [2.75, 3.05) is 32.6 Å². The van der Waals surface area contributed by atoms with Gasteiger partial charge in [0.1, 0.15) is 18.3 Å². The third kappa shape index (κ3) is 17.3. The summed E-state index contributed by atoms with van der Waals surface area (Å²) >= 11 is 0. The van der Waals surface area contributed by atoms with E-state index >= 15 is 0 Å². The summed E-state index contributed by atoms with van der Waals surface area (Å²) in [4.78, 5) is 0. The third-order valence-corrected chi connectivity index (χ3v) is 12.1. The van der Waals surface area contributed by atoms with Crippen LogP contribution in [0.15, 0.2) is 121 Å². The fourth-order valence-corrected chi connectivity index (χ4v) is 8.72. The van der Waals surface area contributed by atoms with Gasteiger partial charge in [0.15, 0.2) is 0 Å². The summed E-state index contributed by atoms with van der Waals surface area (Å²) in [6, 6.07) is 39.9. The highest BCUT2D eigenvalue weighted by atomic mass is 31.2. The Balaban J connectivity index is 1.23. The van der Waals surface area contributed by atoms with E-state index in [1.165, 1.54) is 44.9 Å². The molecule has 9 heteroatoms. The molecule has 1 heterocycles. The smallest absolute Gasteiger partial charge is 0.333 e. The Labute approximate surface area is 342 Å². The second kappa shape index (κ2) is 26.8. The molecule has 0 aliphatic carbocycles. The zero-order valence-electron chi connectivity index (χ0n) is 34.0. The molecule has 310 valence electrons. The van der Waals surface area contributed by atoms with Crippen LogP contribution in [0.25, 0.3) is 0 Å². The largest absolute Gasteiger partial charge is 0.381 e. The molecule has 0 aromatic heterocycles. The summed E-state index contributed by atoms with van der Waals surface area (Å²) in [5, 5.41) is 0. The molecule has 0 bridgehead atoms. The third-order valence-electron chi connectivity index (χ3n) is 10.2. The van der Waals surface area contributed by atoms with Gasteiger partial charge in [0, 0.05) is 13.2 Å². The van der Waals surface area contributed by atoms with E-state index < -0.39 is 32.0 Å². The van der Waals surface area contributed by atoms with Crippen LogP contribution in [0.1, 0.15) is 93.4 Å². The normalized spacial score (nSPS) is 19.1. The van der Waals surface area contributed by atoms with Gasteiger partial charge in [-0.25, -0.2) is 0 Å². The number of rotatable bonds is 30. The zero-order chi connectivity index (χ0) is 39.6. The van der Waals surface area contributed by atoms with E-state index in [0.717, 1.165) is 41.7 Å². The summed E-state index contributed by atoms with van der Waals surface area (Å²) in [5.74, 6) is 0. The number of unbranched alkanes of at least 4 members (excludes halogenated alkanes) is 8. The maximum absolute atomic E-state index is 14.8. The van der Waals surface area contributed by atoms with Crippen molar-refractivity contribution >= 4 is 7.60 Å². The van der Waals surface area contributed by atoms with Gasteiger partial charge < -0.3 is 32.7 Å². The van der Waals surface area contributed by atoms with Crippen molar-refractivity contribution in [3.63, 3.8) is 0 Å². The molecule has 1 fully saturated rings. The average molecular weight is 801 g/mol. The van der Waals surface area contributed by atoms with Crippen LogP contribution >= 0.6 is 7.60 Å². The van der Waals surface area contributed by atoms with Crippen LogP contribution in [0, 0.1) is 0 Å². The standard InChI is InChI=1S/C48H65O8P/c1-2-3-4-5-6-7-8-21-32-50-33-22-23-34-54-57(49,55-38-44-30-19-12-20-31-44)40-46-48(53-37-43-28-17-11-18-29-43)47(52-36-42-26-15-10-16-27-42)45(56-46)39-51-35-41-24-13-9-14-25-41/h9-20,24-31,45-48H,2-8,21-23,32-40H2,1H3/t45-,46+,47-,48-,57?/m1/s1. The summed E-state index contributed by atoms with van der Waals surface area (Å²) < 4.78 is 59.5. The SMILES string of the molecule is CCCCCCCCCCOCCCCOP(=O)(C[C@@H]1O[C@H](COCc2ccccc2)[C@@H](OCc2ccccc2)[C@@H]1OCc1ccccc1)OCc1ccccc1. The first kappa shape index (κ1) is 44.9. The zero-order valence-corrected chi connectivity index (χ0v) is 34.9. The van der Waals surface area contributed by atoms with Gasteiger partial charge in [-0.1, -0.05) is 173 Å². The van der Waals surface area contributed by atoms with E-state index in [0.29, 0.717) is 32.8 Å². The highest BCUT2D eigenvalue weighted by Crippen LogP contribution is 2.52. The predicted octanol–water partition coefficient (Wildman–Crippen LogP) is 11.5. The van der Waals surface area contributed by atoms with Crippen molar-refractivity contribution < 1.29 is 37.3 Å². The van der Waals surface area contributed by atoms with E-state index in [-0.39, 0.29) is 26.0 Å². The summed E-state index contributed by atoms with van der Waals surface area (Å²) in [6.45, 7) is 5.52. The summed E-state index contributed by atoms with van der Waals surface area (Å²) in [7, 11) is -3.70. The molecule has 0 radical (unpaired) electrons. The molecule has 0 saturated carbocycles. The molecule has 5 rings (SSSR count). The molecule has 0 N–H and O–H groups in total. The number of hydrogen-bond donors (Lipinski definition) is 0. The number of benzene rings is 4. The molecule has 8 nitrogen and oxygen atoms in total. The molecular formula is C48H65O8P. The van der Waals surface area contributed by atoms with Crippen LogP contribution in [0.4, 0.5) is 0 Å². The summed E-state index contributed by atoms with van der Waals surface area (Å²) in [5.41, 5.74) is 4.03. The van der Waals surface area contributed by atoms with Crippen LogP contribution in [0.2, 0.25) is 0 Å². The Morgan fingerprint density at radius 2 is 0.912 bits per heavy atom.